The second-order valence-corrected chi connectivity index (χ2v) is 6.86. The maximum Gasteiger partial charge on any atom is 0.189 e. The number of fused-ring (bicyclic) bond motifs is 1. The number of rotatable bonds is 2. The Morgan fingerprint density at radius 3 is 1.75 bits per heavy atom. The quantitative estimate of drug-likeness (QED) is 0.561. The number of alkyl halides is 2. The minimum atomic E-state index is -1.27. The molecule has 0 aliphatic heterocycles. The summed E-state index contributed by atoms with van der Waals surface area (Å²) in [5, 5.41) is 0. The van der Waals surface area contributed by atoms with Crippen molar-refractivity contribution in [3.8, 4) is 0 Å². The van der Waals surface area contributed by atoms with Gasteiger partial charge in [0.1, 0.15) is 0 Å². The highest BCUT2D eigenvalue weighted by atomic mass is 79.9. The standard InChI is InChI=1S/C16H10Br2O2/c17-13(10-6-2-1-3-7-10)16(18)14(19)11-8-4-5-9-12(11)15(16)20/h1-9,13H/t13-/m1/s1. The fourth-order valence-corrected chi connectivity index (χ4v) is 3.87. The average Bonchev–Trinajstić information content (AvgIpc) is 2.71. The van der Waals surface area contributed by atoms with Crippen LogP contribution in [0.2, 0.25) is 0 Å². The highest BCUT2D eigenvalue weighted by Gasteiger charge is 2.55. The third-order valence-corrected chi connectivity index (χ3v) is 6.53. The minimum absolute atomic E-state index is 0.191. The zero-order valence-corrected chi connectivity index (χ0v) is 13.5. The maximum absolute atomic E-state index is 12.6. The van der Waals surface area contributed by atoms with Crippen LogP contribution in [0.15, 0.2) is 54.6 Å². The Morgan fingerprint density at radius 1 is 0.800 bits per heavy atom. The summed E-state index contributed by atoms with van der Waals surface area (Å²) >= 11 is 6.93. The van der Waals surface area contributed by atoms with Crippen LogP contribution in [0.5, 0.6) is 0 Å². The van der Waals surface area contributed by atoms with E-state index in [1.165, 1.54) is 0 Å². The Bertz CT molecular complexity index is 660. The molecule has 0 heterocycles. The predicted molar refractivity (Wildman–Crippen MR) is 84.9 cm³/mol. The van der Waals surface area contributed by atoms with Crippen molar-refractivity contribution in [3.05, 3.63) is 71.3 Å². The first-order chi connectivity index (χ1) is 9.56. The first-order valence-electron chi connectivity index (χ1n) is 6.13. The van der Waals surface area contributed by atoms with E-state index in [2.05, 4.69) is 31.9 Å². The van der Waals surface area contributed by atoms with E-state index in [9.17, 15) is 9.59 Å². The van der Waals surface area contributed by atoms with Gasteiger partial charge in [0.25, 0.3) is 0 Å². The molecule has 0 unspecified atom stereocenters. The van der Waals surface area contributed by atoms with E-state index in [0.717, 1.165) is 5.56 Å². The van der Waals surface area contributed by atoms with Crippen molar-refractivity contribution in [1.82, 2.24) is 0 Å². The van der Waals surface area contributed by atoms with Crippen molar-refractivity contribution >= 4 is 43.4 Å². The summed E-state index contributed by atoms with van der Waals surface area (Å²) < 4.78 is -1.27. The van der Waals surface area contributed by atoms with Crippen molar-refractivity contribution < 1.29 is 9.59 Å². The van der Waals surface area contributed by atoms with Gasteiger partial charge in [0, 0.05) is 11.1 Å². The average molecular weight is 394 g/mol. The molecule has 2 aromatic carbocycles. The molecule has 1 aliphatic carbocycles. The summed E-state index contributed by atoms with van der Waals surface area (Å²) in [5.74, 6) is -0.382. The lowest BCUT2D eigenvalue weighted by atomic mass is 9.94. The molecule has 3 rings (SSSR count). The van der Waals surface area contributed by atoms with Gasteiger partial charge in [-0.05, 0) is 5.56 Å². The van der Waals surface area contributed by atoms with E-state index in [1.807, 2.05) is 30.3 Å². The third-order valence-electron chi connectivity index (χ3n) is 3.52. The van der Waals surface area contributed by atoms with E-state index in [1.54, 1.807) is 24.3 Å². The topological polar surface area (TPSA) is 34.1 Å². The Morgan fingerprint density at radius 2 is 1.25 bits per heavy atom. The van der Waals surface area contributed by atoms with Gasteiger partial charge in [-0.25, -0.2) is 0 Å². The normalized spacial score (nSPS) is 17.9. The zero-order valence-electron chi connectivity index (χ0n) is 10.3. The largest absolute Gasteiger partial charge is 0.292 e. The van der Waals surface area contributed by atoms with Crippen molar-refractivity contribution in [1.29, 1.82) is 0 Å². The molecule has 20 heavy (non-hydrogen) atoms. The van der Waals surface area contributed by atoms with Crippen LogP contribution in [0.4, 0.5) is 0 Å². The summed E-state index contributed by atoms with van der Waals surface area (Å²) in [6.45, 7) is 0. The van der Waals surface area contributed by atoms with Crippen molar-refractivity contribution in [2.24, 2.45) is 0 Å². The van der Waals surface area contributed by atoms with Gasteiger partial charge in [-0.1, -0.05) is 86.5 Å². The molecule has 0 spiro atoms. The Labute approximate surface area is 133 Å². The van der Waals surface area contributed by atoms with Crippen molar-refractivity contribution in [3.63, 3.8) is 0 Å². The van der Waals surface area contributed by atoms with Crippen molar-refractivity contribution in [2.45, 2.75) is 9.15 Å². The third kappa shape index (κ3) is 1.82. The molecule has 100 valence electrons. The molecular weight excluding hydrogens is 384 g/mol. The van der Waals surface area contributed by atoms with Crippen LogP contribution >= 0.6 is 31.9 Å². The smallest absolute Gasteiger partial charge is 0.189 e. The van der Waals surface area contributed by atoms with Crippen molar-refractivity contribution in [2.75, 3.05) is 0 Å². The van der Waals surface area contributed by atoms with Crippen LogP contribution in [0.3, 0.4) is 0 Å². The number of ketones is 2. The number of carbonyl (C=O) groups is 2. The highest BCUT2D eigenvalue weighted by molar-refractivity contribution is 9.13. The fourth-order valence-electron chi connectivity index (χ4n) is 2.46. The van der Waals surface area contributed by atoms with Gasteiger partial charge in [0.05, 0.1) is 4.83 Å². The summed E-state index contributed by atoms with van der Waals surface area (Å²) in [6, 6.07) is 16.4. The molecule has 4 heteroatoms. The Hall–Kier alpha value is -1.26. The van der Waals surface area contributed by atoms with Gasteiger partial charge in [0.15, 0.2) is 15.9 Å². The lowest BCUT2D eigenvalue weighted by molar-refractivity contribution is 0.0871. The molecule has 0 saturated heterocycles. The van der Waals surface area contributed by atoms with Crippen LogP contribution in [-0.4, -0.2) is 15.9 Å². The van der Waals surface area contributed by atoms with Crippen LogP contribution < -0.4 is 0 Å². The molecule has 0 bridgehead atoms. The minimum Gasteiger partial charge on any atom is -0.292 e. The molecule has 0 fully saturated rings. The summed E-state index contributed by atoms with van der Waals surface area (Å²) in [4.78, 5) is 24.9. The molecule has 0 N–H and O–H groups in total. The van der Waals surface area contributed by atoms with Crippen LogP contribution in [0, 0.1) is 0 Å². The van der Waals surface area contributed by atoms with Gasteiger partial charge in [-0.3, -0.25) is 9.59 Å². The second-order valence-electron chi connectivity index (χ2n) is 4.69. The first kappa shape index (κ1) is 13.7. The van der Waals surface area contributed by atoms with E-state index >= 15 is 0 Å². The van der Waals surface area contributed by atoms with Gasteiger partial charge in [-0.2, -0.15) is 0 Å². The molecule has 0 aromatic heterocycles. The van der Waals surface area contributed by atoms with Gasteiger partial charge in [-0.15, -0.1) is 0 Å². The molecule has 1 atom stereocenters. The van der Waals surface area contributed by atoms with Gasteiger partial charge in [0.2, 0.25) is 0 Å². The van der Waals surface area contributed by atoms with Crippen LogP contribution in [0.25, 0.3) is 0 Å². The lowest BCUT2D eigenvalue weighted by Crippen LogP contribution is -2.38. The molecule has 2 aromatic rings. The number of benzene rings is 2. The number of Topliss-reactive ketones (excluding diaryl/α,β-unsaturated/α-hetero) is 2. The number of carbonyl (C=O) groups excluding carboxylic acids is 2. The Kier molecular flexibility index (Phi) is 3.38. The van der Waals surface area contributed by atoms with E-state index in [-0.39, 0.29) is 11.6 Å². The lowest BCUT2D eigenvalue weighted by Gasteiger charge is -2.25. The second kappa shape index (κ2) is 4.93. The highest BCUT2D eigenvalue weighted by Crippen LogP contribution is 2.49. The maximum atomic E-state index is 12.6. The summed E-state index contributed by atoms with van der Waals surface area (Å²) in [7, 11) is 0. The predicted octanol–water partition coefficient (Wildman–Crippen LogP) is 4.34. The van der Waals surface area contributed by atoms with Crippen LogP contribution in [-0.2, 0) is 0 Å². The zero-order chi connectivity index (χ0) is 14.3. The molecule has 1 aliphatic rings. The molecule has 2 nitrogen and oxygen atoms in total. The first-order valence-corrected chi connectivity index (χ1v) is 7.84. The monoisotopic (exact) mass is 392 g/mol. The summed E-state index contributed by atoms with van der Waals surface area (Å²) in [6.07, 6.45) is 0. The molecule has 0 saturated carbocycles. The molecule has 0 amide bonds. The SMILES string of the molecule is O=C1c2ccccc2C(=O)C1(Br)[C@H](Br)c1ccccc1. The van der Waals surface area contributed by atoms with Gasteiger partial charge < -0.3 is 0 Å². The van der Waals surface area contributed by atoms with E-state index in [0.29, 0.717) is 11.1 Å². The fraction of sp³-hybridized carbons (Fsp3) is 0.125. The molecule has 0 radical (unpaired) electrons. The molecular formula is C16H10Br2O2. The Balaban J connectivity index is 2.11. The van der Waals surface area contributed by atoms with Crippen LogP contribution in [0.1, 0.15) is 31.1 Å². The number of hydrogen-bond donors (Lipinski definition) is 0. The van der Waals surface area contributed by atoms with E-state index < -0.39 is 9.15 Å². The van der Waals surface area contributed by atoms with Gasteiger partial charge >= 0.3 is 0 Å². The number of halogens is 2. The number of hydrogen-bond acceptors (Lipinski definition) is 2. The van der Waals surface area contributed by atoms with E-state index in [4.69, 9.17) is 0 Å². The summed E-state index contributed by atoms with van der Waals surface area (Å²) in [5.41, 5.74) is 1.85.